The molecule has 3 N–H and O–H groups in total. The van der Waals surface area contributed by atoms with Crippen molar-refractivity contribution in [2.75, 3.05) is 19.6 Å². The van der Waals surface area contributed by atoms with Crippen molar-refractivity contribution in [2.24, 2.45) is 11.1 Å². The lowest BCUT2D eigenvalue weighted by Crippen LogP contribution is -2.48. The molecule has 1 unspecified atom stereocenters. The molecule has 21 heavy (non-hydrogen) atoms. The maximum atomic E-state index is 11.2. The SMILES string of the molecule is CCC(N)(CCCN1CCC2(CCCCC2)CC1)C(=O)O. The van der Waals surface area contributed by atoms with Crippen LogP contribution in [0.5, 0.6) is 0 Å². The van der Waals surface area contributed by atoms with Crippen LogP contribution in [0.15, 0.2) is 0 Å². The van der Waals surface area contributed by atoms with Crippen LogP contribution in [0.1, 0.15) is 71.1 Å². The Hall–Kier alpha value is -0.610. The Morgan fingerprint density at radius 1 is 1.19 bits per heavy atom. The number of carboxylic acid groups (broad SMARTS) is 1. The molecule has 1 aliphatic heterocycles. The van der Waals surface area contributed by atoms with E-state index in [2.05, 4.69) is 4.90 Å². The molecule has 1 atom stereocenters. The highest BCUT2D eigenvalue weighted by atomic mass is 16.4. The molecule has 2 fully saturated rings. The number of aliphatic carboxylic acids is 1. The maximum absolute atomic E-state index is 11.2. The molecule has 2 aliphatic rings. The van der Waals surface area contributed by atoms with Crippen molar-refractivity contribution in [2.45, 2.75) is 76.7 Å². The van der Waals surface area contributed by atoms with Crippen LogP contribution < -0.4 is 5.73 Å². The summed E-state index contributed by atoms with van der Waals surface area (Å²) >= 11 is 0. The van der Waals surface area contributed by atoms with Crippen molar-refractivity contribution in [3.8, 4) is 0 Å². The Labute approximate surface area is 129 Å². The van der Waals surface area contributed by atoms with Gasteiger partial charge in [-0.2, -0.15) is 0 Å². The molecule has 0 aromatic carbocycles. The first kappa shape index (κ1) is 16.8. The van der Waals surface area contributed by atoms with Gasteiger partial charge in [-0.3, -0.25) is 4.79 Å². The van der Waals surface area contributed by atoms with E-state index < -0.39 is 11.5 Å². The first-order valence-corrected chi connectivity index (χ1v) is 8.74. The van der Waals surface area contributed by atoms with Gasteiger partial charge in [-0.25, -0.2) is 0 Å². The molecule has 0 amide bonds. The van der Waals surface area contributed by atoms with Crippen LogP contribution in [0.3, 0.4) is 0 Å². The lowest BCUT2D eigenvalue weighted by atomic mass is 9.68. The number of rotatable bonds is 6. The van der Waals surface area contributed by atoms with E-state index >= 15 is 0 Å². The van der Waals surface area contributed by atoms with E-state index in [1.54, 1.807) is 0 Å². The predicted octanol–water partition coefficient (Wildman–Crippen LogP) is 3.01. The molecular weight excluding hydrogens is 264 g/mol. The third kappa shape index (κ3) is 4.19. The molecule has 122 valence electrons. The Kier molecular flexibility index (Phi) is 5.67. The van der Waals surface area contributed by atoms with E-state index in [0.717, 1.165) is 13.0 Å². The van der Waals surface area contributed by atoms with Crippen LogP contribution in [0, 0.1) is 5.41 Å². The van der Waals surface area contributed by atoms with Crippen LogP contribution in [-0.2, 0) is 4.79 Å². The normalized spacial score (nSPS) is 25.6. The summed E-state index contributed by atoms with van der Waals surface area (Å²) in [6.07, 6.45) is 11.8. The molecule has 1 saturated carbocycles. The van der Waals surface area contributed by atoms with E-state index in [1.807, 2.05) is 6.92 Å². The Morgan fingerprint density at radius 3 is 2.33 bits per heavy atom. The summed E-state index contributed by atoms with van der Waals surface area (Å²) in [5, 5.41) is 9.20. The average Bonchev–Trinajstić information content (AvgIpc) is 2.50. The first-order valence-electron chi connectivity index (χ1n) is 8.74. The third-order valence-corrected chi connectivity index (χ3v) is 5.98. The molecule has 0 bridgehead atoms. The number of piperidine rings is 1. The standard InChI is InChI=1S/C17H32N2O2/c1-2-17(18,15(20)21)9-6-12-19-13-10-16(11-14-19)7-4-3-5-8-16/h2-14,18H2,1H3,(H,20,21). The van der Waals surface area contributed by atoms with Gasteiger partial charge in [0.15, 0.2) is 0 Å². The van der Waals surface area contributed by atoms with Crippen molar-refractivity contribution in [3.63, 3.8) is 0 Å². The molecular formula is C17H32N2O2. The van der Waals surface area contributed by atoms with Gasteiger partial charge < -0.3 is 15.7 Å². The van der Waals surface area contributed by atoms with Gasteiger partial charge in [0.05, 0.1) is 0 Å². The number of carboxylic acids is 1. The van der Waals surface area contributed by atoms with E-state index in [9.17, 15) is 9.90 Å². The van der Waals surface area contributed by atoms with E-state index in [1.165, 1.54) is 58.0 Å². The fraction of sp³-hybridized carbons (Fsp3) is 0.941. The summed E-state index contributed by atoms with van der Waals surface area (Å²) in [6, 6.07) is 0. The second-order valence-electron chi connectivity index (χ2n) is 7.32. The van der Waals surface area contributed by atoms with Crippen LogP contribution >= 0.6 is 0 Å². The zero-order chi connectivity index (χ0) is 15.3. The van der Waals surface area contributed by atoms with Gasteiger partial charge in [0.2, 0.25) is 0 Å². The average molecular weight is 296 g/mol. The van der Waals surface area contributed by atoms with Gasteiger partial charge in [-0.15, -0.1) is 0 Å². The minimum Gasteiger partial charge on any atom is -0.480 e. The fourth-order valence-corrected chi connectivity index (χ4v) is 4.11. The summed E-state index contributed by atoms with van der Waals surface area (Å²) < 4.78 is 0. The molecule has 1 spiro atoms. The highest BCUT2D eigenvalue weighted by molar-refractivity contribution is 5.78. The highest BCUT2D eigenvalue weighted by Crippen LogP contribution is 2.44. The largest absolute Gasteiger partial charge is 0.480 e. The quantitative estimate of drug-likeness (QED) is 0.790. The van der Waals surface area contributed by atoms with Gasteiger partial charge in [0.25, 0.3) is 0 Å². The summed E-state index contributed by atoms with van der Waals surface area (Å²) in [7, 11) is 0. The van der Waals surface area contributed by atoms with Crippen molar-refractivity contribution in [1.29, 1.82) is 0 Å². The minimum atomic E-state index is -1.03. The number of likely N-dealkylation sites (tertiary alicyclic amines) is 1. The van der Waals surface area contributed by atoms with Crippen LogP contribution in [-0.4, -0.2) is 41.1 Å². The molecule has 4 nitrogen and oxygen atoms in total. The van der Waals surface area contributed by atoms with Gasteiger partial charge in [-0.1, -0.05) is 26.2 Å². The molecule has 4 heteroatoms. The summed E-state index contributed by atoms with van der Waals surface area (Å²) in [6.45, 7) is 5.25. The number of hydrogen-bond acceptors (Lipinski definition) is 3. The van der Waals surface area contributed by atoms with Gasteiger partial charge in [0, 0.05) is 0 Å². The third-order valence-electron chi connectivity index (χ3n) is 5.98. The summed E-state index contributed by atoms with van der Waals surface area (Å²) in [5.41, 5.74) is 5.57. The van der Waals surface area contributed by atoms with Crippen LogP contribution in [0.4, 0.5) is 0 Å². The van der Waals surface area contributed by atoms with Gasteiger partial charge >= 0.3 is 5.97 Å². The monoisotopic (exact) mass is 296 g/mol. The molecule has 2 rings (SSSR count). The second-order valence-corrected chi connectivity index (χ2v) is 7.32. The molecule has 0 aromatic heterocycles. The number of nitrogens with zero attached hydrogens (tertiary/aromatic N) is 1. The summed E-state index contributed by atoms with van der Waals surface area (Å²) in [4.78, 5) is 13.7. The van der Waals surface area contributed by atoms with E-state index in [4.69, 9.17) is 5.73 Å². The molecule has 0 aromatic rings. The lowest BCUT2D eigenvalue weighted by Gasteiger charge is -2.44. The van der Waals surface area contributed by atoms with E-state index in [0.29, 0.717) is 18.3 Å². The van der Waals surface area contributed by atoms with Crippen molar-refractivity contribution in [1.82, 2.24) is 4.90 Å². The maximum Gasteiger partial charge on any atom is 0.323 e. The van der Waals surface area contributed by atoms with Gasteiger partial charge in [-0.05, 0) is 70.0 Å². The predicted molar refractivity (Wildman–Crippen MR) is 85.3 cm³/mol. The number of nitrogens with two attached hydrogens (primary N) is 1. The second kappa shape index (κ2) is 7.10. The van der Waals surface area contributed by atoms with Crippen molar-refractivity contribution >= 4 is 5.97 Å². The molecule has 0 radical (unpaired) electrons. The lowest BCUT2D eigenvalue weighted by molar-refractivity contribution is -0.143. The topological polar surface area (TPSA) is 66.6 Å². The molecule has 1 saturated heterocycles. The highest BCUT2D eigenvalue weighted by Gasteiger charge is 2.36. The first-order chi connectivity index (χ1) is 10.00. The fourth-order valence-electron chi connectivity index (χ4n) is 4.11. The number of hydrogen-bond donors (Lipinski definition) is 2. The molecule has 1 aliphatic carbocycles. The molecule has 1 heterocycles. The Balaban J connectivity index is 1.70. The van der Waals surface area contributed by atoms with Gasteiger partial charge in [0.1, 0.15) is 5.54 Å². The Morgan fingerprint density at radius 2 is 1.81 bits per heavy atom. The zero-order valence-corrected chi connectivity index (χ0v) is 13.6. The van der Waals surface area contributed by atoms with Crippen molar-refractivity contribution in [3.05, 3.63) is 0 Å². The van der Waals surface area contributed by atoms with Crippen LogP contribution in [0.25, 0.3) is 0 Å². The number of carbonyl (C=O) groups is 1. The zero-order valence-electron chi connectivity index (χ0n) is 13.6. The van der Waals surface area contributed by atoms with E-state index in [-0.39, 0.29) is 0 Å². The van der Waals surface area contributed by atoms with Crippen molar-refractivity contribution < 1.29 is 9.90 Å². The summed E-state index contributed by atoms with van der Waals surface area (Å²) in [5.74, 6) is -0.857. The minimum absolute atomic E-state index is 0.505. The Bertz CT molecular complexity index is 343. The van der Waals surface area contributed by atoms with Crippen LogP contribution in [0.2, 0.25) is 0 Å². The smallest absolute Gasteiger partial charge is 0.323 e.